The number of hydrogen-bond donors (Lipinski definition) is 1. The van der Waals surface area contributed by atoms with Crippen LogP contribution in [0.1, 0.15) is 25.3 Å². The summed E-state index contributed by atoms with van der Waals surface area (Å²) in [5, 5.41) is 0. The van der Waals surface area contributed by atoms with Gasteiger partial charge in [0, 0.05) is 17.7 Å². The molecule has 2 N–H and O–H groups in total. The third-order valence-electron chi connectivity index (χ3n) is 2.20. The average Bonchev–Trinajstić information content (AvgIpc) is 2.09. The normalized spacial score (nSPS) is 12.8. The van der Waals surface area contributed by atoms with Gasteiger partial charge >= 0.3 is 0 Å². The molecule has 1 atom stereocenters. The predicted molar refractivity (Wildman–Crippen MR) is 56.4 cm³/mol. The Labute approximate surface area is 79.5 Å². The Bertz CT molecular complexity index is 292. The lowest BCUT2D eigenvalue weighted by molar-refractivity contribution is 0.579. The van der Waals surface area contributed by atoms with E-state index >= 15 is 0 Å². The van der Waals surface area contributed by atoms with Crippen molar-refractivity contribution >= 4 is 5.82 Å². The maximum absolute atomic E-state index is 5.78. The maximum atomic E-state index is 5.78. The Morgan fingerprint density at radius 1 is 1.54 bits per heavy atom. The monoisotopic (exact) mass is 176 g/mol. The van der Waals surface area contributed by atoms with Crippen molar-refractivity contribution < 1.29 is 0 Å². The van der Waals surface area contributed by atoms with Gasteiger partial charge in [-0.1, -0.05) is 26.0 Å². The standard InChI is InChI=1S/C11H16N2/c1-4-9(8(2)3)10-6-5-7-13-11(10)12/h4-9H,1H2,2-3H3,(H2,12,13)/t9-/m0/s1. The van der Waals surface area contributed by atoms with Crippen LogP contribution in [-0.2, 0) is 0 Å². The number of aromatic nitrogens is 1. The molecule has 70 valence electrons. The van der Waals surface area contributed by atoms with Gasteiger partial charge < -0.3 is 5.73 Å². The van der Waals surface area contributed by atoms with Crippen LogP contribution in [0.5, 0.6) is 0 Å². The number of nitrogen functional groups attached to an aromatic ring is 1. The largest absolute Gasteiger partial charge is 0.383 e. The third-order valence-corrected chi connectivity index (χ3v) is 2.20. The fourth-order valence-electron chi connectivity index (χ4n) is 1.47. The molecule has 2 heteroatoms. The van der Waals surface area contributed by atoms with E-state index in [9.17, 15) is 0 Å². The van der Waals surface area contributed by atoms with Crippen LogP contribution in [0.2, 0.25) is 0 Å². The number of rotatable bonds is 3. The van der Waals surface area contributed by atoms with E-state index in [-0.39, 0.29) is 0 Å². The second-order valence-corrected chi connectivity index (χ2v) is 3.48. The molecular weight excluding hydrogens is 160 g/mol. The fraction of sp³-hybridized carbons (Fsp3) is 0.364. The van der Waals surface area contributed by atoms with E-state index in [1.807, 2.05) is 18.2 Å². The molecule has 0 aliphatic rings. The predicted octanol–water partition coefficient (Wildman–Crippen LogP) is 2.59. The zero-order valence-corrected chi connectivity index (χ0v) is 8.20. The van der Waals surface area contributed by atoms with Gasteiger partial charge in [0.25, 0.3) is 0 Å². The Morgan fingerprint density at radius 3 is 2.69 bits per heavy atom. The number of nitrogens with zero attached hydrogens (tertiary/aromatic N) is 1. The molecule has 0 radical (unpaired) electrons. The zero-order chi connectivity index (χ0) is 9.84. The van der Waals surface area contributed by atoms with Gasteiger partial charge in [-0.2, -0.15) is 0 Å². The van der Waals surface area contributed by atoms with Crippen LogP contribution in [0.25, 0.3) is 0 Å². The smallest absolute Gasteiger partial charge is 0.127 e. The summed E-state index contributed by atoms with van der Waals surface area (Å²) < 4.78 is 0. The SMILES string of the molecule is C=C[C@H](c1cccnc1N)C(C)C. The molecule has 0 saturated heterocycles. The molecule has 0 saturated carbocycles. The summed E-state index contributed by atoms with van der Waals surface area (Å²) >= 11 is 0. The van der Waals surface area contributed by atoms with Gasteiger partial charge in [-0.25, -0.2) is 4.98 Å². The van der Waals surface area contributed by atoms with Crippen LogP contribution < -0.4 is 5.73 Å². The van der Waals surface area contributed by atoms with E-state index in [2.05, 4.69) is 25.4 Å². The first-order valence-electron chi connectivity index (χ1n) is 4.49. The molecule has 0 aliphatic carbocycles. The molecule has 13 heavy (non-hydrogen) atoms. The maximum Gasteiger partial charge on any atom is 0.127 e. The minimum atomic E-state index is 0.300. The summed E-state index contributed by atoms with van der Waals surface area (Å²) in [7, 11) is 0. The molecule has 1 aromatic rings. The molecule has 1 rings (SSSR count). The van der Waals surface area contributed by atoms with Crippen molar-refractivity contribution in [2.24, 2.45) is 5.92 Å². The molecule has 0 fully saturated rings. The quantitative estimate of drug-likeness (QED) is 0.719. The minimum absolute atomic E-state index is 0.300. The first-order chi connectivity index (χ1) is 6.16. The summed E-state index contributed by atoms with van der Waals surface area (Å²) in [5.74, 6) is 1.42. The van der Waals surface area contributed by atoms with Crippen LogP contribution in [-0.4, -0.2) is 4.98 Å². The van der Waals surface area contributed by atoms with Crippen LogP contribution >= 0.6 is 0 Å². The highest BCUT2D eigenvalue weighted by Gasteiger charge is 2.14. The van der Waals surface area contributed by atoms with E-state index < -0.39 is 0 Å². The molecule has 2 nitrogen and oxygen atoms in total. The molecule has 0 aliphatic heterocycles. The average molecular weight is 176 g/mol. The van der Waals surface area contributed by atoms with E-state index in [0.29, 0.717) is 17.7 Å². The third kappa shape index (κ3) is 2.08. The van der Waals surface area contributed by atoms with Crippen molar-refractivity contribution in [3.63, 3.8) is 0 Å². The molecule has 0 unspecified atom stereocenters. The second kappa shape index (κ2) is 4.08. The van der Waals surface area contributed by atoms with Crippen LogP contribution in [0.4, 0.5) is 5.82 Å². The Kier molecular flexibility index (Phi) is 3.07. The Morgan fingerprint density at radius 2 is 2.23 bits per heavy atom. The highest BCUT2D eigenvalue weighted by molar-refractivity contribution is 5.43. The van der Waals surface area contributed by atoms with Gasteiger partial charge in [-0.05, 0) is 12.0 Å². The van der Waals surface area contributed by atoms with Gasteiger partial charge in [0.05, 0.1) is 0 Å². The first-order valence-corrected chi connectivity index (χ1v) is 4.49. The van der Waals surface area contributed by atoms with Crippen molar-refractivity contribution in [3.05, 3.63) is 36.5 Å². The van der Waals surface area contributed by atoms with E-state index in [1.54, 1.807) is 6.20 Å². The van der Waals surface area contributed by atoms with Crippen molar-refractivity contribution in [2.45, 2.75) is 19.8 Å². The van der Waals surface area contributed by atoms with Gasteiger partial charge in [0.2, 0.25) is 0 Å². The van der Waals surface area contributed by atoms with Crippen LogP contribution in [0, 0.1) is 5.92 Å². The van der Waals surface area contributed by atoms with Crippen LogP contribution in [0.3, 0.4) is 0 Å². The van der Waals surface area contributed by atoms with Crippen LogP contribution in [0.15, 0.2) is 31.0 Å². The van der Waals surface area contributed by atoms with Gasteiger partial charge in [-0.3, -0.25) is 0 Å². The van der Waals surface area contributed by atoms with Crippen molar-refractivity contribution in [2.75, 3.05) is 5.73 Å². The van der Waals surface area contributed by atoms with E-state index in [1.165, 1.54) is 0 Å². The molecular formula is C11H16N2. The van der Waals surface area contributed by atoms with Gasteiger partial charge in [0.15, 0.2) is 0 Å². The number of pyridine rings is 1. The lowest BCUT2D eigenvalue weighted by Gasteiger charge is -2.17. The lowest BCUT2D eigenvalue weighted by atomic mass is 9.89. The molecule has 0 amide bonds. The first kappa shape index (κ1) is 9.78. The van der Waals surface area contributed by atoms with Crippen molar-refractivity contribution in [3.8, 4) is 0 Å². The molecule has 1 heterocycles. The van der Waals surface area contributed by atoms with Crippen molar-refractivity contribution in [1.29, 1.82) is 0 Å². The summed E-state index contributed by atoms with van der Waals surface area (Å²) in [6.07, 6.45) is 3.64. The highest BCUT2D eigenvalue weighted by atomic mass is 14.8. The summed E-state index contributed by atoms with van der Waals surface area (Å²) in [6.45, 7) is 8.12. The van der Waals surface area contributed by atoms with E-state index in [4.69, 9.17) is 5.73 Å². The molecule has 1 aromatic heterocycles. The number of anilines is 1. The number of hydrogen-bond acceptors (Lipinski definition) is 2. The molecule has 0 bridgehead atoms. The summed E-state index contributed by atoms with van der Waals surface area (Å²) in [4.78, 5) is 4.06. The Balaban J connectivity index is 3.04. The Hall–Kier alpha value is -1.31. The lowest BCUT2D eigenvalue weighted by Crippen LogP contribution is -2.07. The fourth-order valence-corrected chi connectivity index (χ4v) is 1.47. The summed E-state index contributed by atoms with van der Waals surface area (Å²) in [5.41, 5.74) is 6.85. The number of nitrogens with two attached hydrogens (primary N) is 1. The second-order valence-electron chi connectivity index (χ2n) is 3.48. The zero-order valence-electron chi connectivity index (χ0n) is 8.20. The van der Waals surface area contributed by atoms with Gasteiger partial charge in [0.1, 0.15) is 5.82 Å². The molecule has 0 aromatic carbocycles. The summed E-state index contributed by atoms with van der Waals surface area (Å²) in [6, 6.07) is 3.92. The number of allylic oxidation sites excluding steroid dienone is 1. The minimum Gasteiger partial charge on any atom is -0.383 e. The highest BCUT2D eigenvalue weighted by Crippen LogP contribution is 2.28. The van der Waals surface area contributed by atoms with Crippen molar-refractivity contribution in [1.82, 2.24) is 4.98 Å². The molecule has 0 spiro atoms. The topological polar surface area (TPSA) is 38.9 Å². The van der Waals surface area contributed by atoms with E-state index in [0.717, 1.165) is 5.56 Å². The van der Waals surface area contributed by atoms with Gasteiger partial charge in [-0.15, -0.1) is 6.58 Å².